The maximum atomic E-state index is 11.3. The van der Waals surface area contributed by atoms with Gasteiger partial charge in [-0.2, -0.15) is 0 Å². The summed E-state index contributed by atoms with van der Waals surface area (Å²) in [6.45, 7) is 0.721. The van der Waals surface area contributed by atoms with Gasteiger partial charge >= 0.3 is 12.1 Å². The number of carbonyl (C=O) groups is 2. The molecule has 5 heteroatoms. The number of hydrogen-bond acceptors (Lipinski definition) is 3. The molecule has 0 aromatic rings. The molecule has 1 heterocycles. The van der Waals surface area contributed by atoms with Crippen LogP contribution in [0.15, 0.2) is 0 Å². The van der Waals surface area contributed by atoms with Crippen molar-refractivity contribution in [3.05, 3.63) is 0 Å². The van der Waals surface area contributed by atoms with Gasteiger partial charge in [-0.15, -0.1) is 0 Å². The second-order valence-corrected chi connectivity index (χ2v) is 3.81. The zero-order valence-electron chi connectivity index (χ0n) is 7.86. The highest BCUT2D eigenvalue weighted by molar-refractivity contribution is 5.85. The van der Waals surface area contributed by atoms with Gasteiger partial charge in [-0.25, -0.2) is 9.59 Å². The van der Waals surface area contributed by atoms with Crippen LogP contribution < -0.4 is 0 Å². The number of ether oxygens (including phenoxy) is 1. The molecular formula is C9H13NO4. The number of carbonyl (C=O) groups excluding carboxylic acids is 1. The van der Waals surface area contributed by atoms with Crippen LogP contribution in [-0.2, 0) is 9.53 Å². The van der Waals surface area contributed by atoms with Crippen LogP contribution in [-0.4, -0.2) is 40.8 Å². The van der Waals surface area contributed by atoms with Crippen molar-refractivity contribution >= 4 is 12.1 Å². The molecule has 0 bridgehead atoms. The number of rotatable bonds is 2. The minimum Gasteiger partial charge on any atom is -0.479 e. The Bertz CT molecular complexity index is 270. The van der Waals surface area contributed by atoms with E-state index in [4.69, 9.17) is 4.74 Å². The van der Waals surface area contributed by atoms with E-state index in [0.717, 1.165) is 12.8 Å². The fourth-order valence-corrected chi connectivity index (χ4v) is 2.34. The Hall–Kier alpha value is -1.26. The molecule has 2 rings (SSSR count). The van der Waals surface area contributed by atoms with Crippen molar-refractivity contribution in [3.63, 3.8) is 0 Å². The SMILES string of the molecule is O=C1OCCN1C1(C(=O)O)CCCC1. The Kier molecular flexibility index (Phi) is 2.09. The van der Waals surface area contributed by atoms with Gasteiger partial charge < -0.3 is 9.84 Å². The van der Waals surface area contributed by atoms with Crippen molar-refractivity contribution in [2.75, 3.05) is 13.2 Å². The average Bonchev–Trinajstić information content (AvgIpc) is 2.72. The molecule has 0 aromatic heterocycles. The number of carboxylic acid groups (broad SMARTS) is 1. The minimum atomic E-state index is -0.979. The highest BCUT2D eigenvalue weighted by Gasteiger charge is 2.50. The second-order valence-electron chi connectivity index (χ2n) is 3.81. The van der Waals surface area contributed by atoms with Crippen molar-refractivity contribution in [1.29, 1.82) is 0 Å². The molecule has 78 valence electrons. The number of amides is 1. The van der Waals surface area contributed by atoms with E-state index in [9.17, 15) is 14.7 Å². The van der Waals surface area contributed by atoms with Gasteiger partial charge in [-0.3, -0.25) is 4.90 Å². The van der Waals surface area contributed by atoms with E-state index in [1.807, 2.05) is 0 Å². The van der Waals surface area contributed by atoms with Crippen LogP contribution in [0.4, 0.5) is 4.79 Å². The van der Waals surface area contributed by atoms with Gasteiger partial charge in [0.15, 0.2) is 0 Å². The molecule has 0 unspecified atom stereocenters. The predicted molar refractivity (Wildman–Crippen MR) is 46.9 cm³/mol. The highest BCUT2D eigenvalue weighted by atomic mass is 16.6. The fraction of sp³-hybridized carbons (Fsp3) is 0.778. The minimum absolute atomic E-state index is 0.313. The Morgan fingerprint density at radius 2 is 2.07 bits per heavy atom. The average molecular weight is 199 g/mol. The lowest BCUT2D eigenvalue weighted by atomic mass is 9.96. The number of cyclic esters (lactones) is 1. The van der Waals surface area contributed by atoms with Crippen LogP contribution in [0, 0.1) is 0 Å². The van der Waals surface area contributed by atoms with E-state index in [-0.39, 0.29) is 0 Å². The highest BCUT2D eigenvalue weighted by Crippen LogP contribution is 2.37. The third-order valence-electron chi connectivity index (χ3n) is 3.11. The molecule has 2 fully saturated rings. The lowest BCUT2D eigenvalue weighted by Crippen LogP contribution is -2.53. The van der Waals surface area contributed by atoms with Gasteiger partial charge in [-0.05, 0) is 12.8 Å². The Morgan fingerprint density at radius 3 is 2.50 bits per heavy atom. The Morgan fingerprint density at radius 1 is 1.43 bits per heavy atom. The van der Waals surface area contributed by atoms with Crippen LogP contribution in [0.5, 0.6) is 0 Å². The molecule has 1 aliphatic carbocycles. The quantitative estimate of drug-likeness (QED) is 0.715. The third kappa shape index (κ3) is 1.15. The van der Waals surface area contributed by atoms with Gasteiger partial charge in [0.1, 0.15) is 12.1 Å². The van der Waals surface area contributed by atoms with Gasteiger partial charge in [-0.1, -0.05) is 12.8 Å². The van der Waals surface area contributed by atoms with E-state index >= 15 is 0 Å². The van der Waals surface area contributed by atoms with Crippen LogP contribution >= 0.6 is 0 Å². The first kappa shape index (κ1) is 9.30. The molecule has 5 nitrogen and oxygen atoms in total. The maximum absolute atomic E-state index is 11.3. The van der Waals surface area contributed by atoms with Gasteiger partial charge in [0.2, 0.25) is 0 Å². The summed E-state index contributed by atoms with van der Waals surface area (Å²) in [7, 11) is 0. The van der Waals surface area contributed by atoms with Crippen LogP contribution in [0.3, 0.4) is 0 Å². The molecule has 1 amide bonds. The first-order valence-corrected chi connectivity index (χ1v) is 4.85. The Labute approximate surface area is 81.6 Å². The molecule has 2 aliphatic rings. The van der Waals surface area contributed by atoms with Crippen molar-refractivity contribution in [3.8, 4) is 0 Å². The summed E-state index contributed by atoms with van der Waals surface area (Å²) in [6.07, 6.45) is 2.37. The number of nitrogens with zero attached hydrogens (tertiary/aromatic N) is 1. The second kappa shape index (κ2) is 3.15. The molecule has 0 radical (unpaired) electrons. The molecule has 1 saturated carbocycles. The Balaban J connectivity index is 2.26. The van der Waals surface area contributed by atoms with Crippen LogP contribution in [0.2, 0.25) is 0 Å². The lowest BCUT2D eigenvalue weighted by Gasteiger charge is -2.32. The van der Waals surface area contributed by atoms with E-state index in [2.05, 4.69) is 0 Å². The lowest BCUT2D eigenvalue weighted by molar-refractivity contribution is -0.149. The molecule has 1 aliphatic heterocycles. The van der Waals surface area contributed by atoms with E-state index < -0.39 is 17.6 Å². The summed E-state index contributed by atoms with van der Waals surface area (Å²) < 4.78 is 4.78. The number of aliphatic carboxylic acids is 1. The summed E-state index contributed by atoms with van der Waals surface area (Å²) >= 11 is 0. The standard InChI is InChI=1S/C9H13NO4/c11-7(12)9(3-1-2-4-9)10-5-6-14-8(10)13/h1-6H2,(H,11,12). The van der Waals surface area contributed by atoms with Gasteiger partial charge in [0, 0.05) is 0 Å². The molecule has 0 spiro atoms. The molecule has 1 N–H and O–H groups in total. The number of carboxylic acids is 1. The van der Waals surface area contributed by atoms with Crippen molar-refractivity contribution in [2.24, 2.45) is 0 Å². The normalized spacial score (nSPS) is 25.1. The van der Waals surface area contributed by atoms with E-state index in [0.29, 0.717) is 26.0 Å². The zero-order valence-corrected chi connectivity index (χ0v) is 7.86. The van der Waals surface area contributed by atoms with Gasteiger partial charge in [0.25, 0.3) is 0 Å². The first-order chi connectivity index (χ1) is 6.67. The zero-order chi connectivity index (χ0) is 10.2. The fourth-order valence-electron chi connectivity index (χ4n) is 2.34. The third-order valence-corrected chi connectivity index (χ3v) is 3.11. The maximum Gasteiger partial charge on any atom is 0.410 e. The molecule has 1 saturated heterocycles. The largest absolute Gasteiger partial charge is 0.479 e. The van der Waals surface area contributed by atoms with E-state index in [1.54, 1.807) is 0 Å². The summed E-state index contributed by atoms with van der Waals surface area (Å²) in [5.41, 5.74) is -0.979. The smallest absolute Gasteiger partial charge is 0.410 e. The predicted octanol–water partition coefficient (Wildman–Crippen LogP) is 0.836. The van der Waals surface area contributed by atoms with Crippen molar-refractivity contribution in [1.82, 2.24) is 4.90 Å². The molecular weight excluding hydrogens is 186 g/mol. The molecule has 14 heavy (non-hydrogen) atoms. The number of hydrogen-bond donors (Lipinski definition) is 1. The summed E-state index contributed by atoms with van der Waals surface area (Å²) in [4.78, 5) is 23.9. The van der Waals surface area contributed by atoms with E-state index in [1.165, 1.54) is 4.90 Å². The molecule has 0 atom stereocenters. The van der Waals surface area contributed by atoms with Crippen LogP contribution in [0.25, 0.3) is 0 Å². The van der Waals surface area contributed by atoms with Crippen LogP contribution in [0.1, 0.15) is 25.7 Å². The van der Waals surface area contributed by atoms with Gasteiger partial charge in [0.05, 0.1) is 6.54 Å². The summed E-state index contributed by atoms with van der Waals surface area (Å²) in [5, 5.41) is 9.19. The summed E-state index contributed by atoms with van der Waals surface area (Å²) in [6, 6.07) is 0. The topological polar surface area (TPSA) is 66.8 Å². The first-order valence-electron chi connectivity index (χ1n) is 4.85. The molecule has 0 aromatic carbocycles. The monoisotopic (exact) mass is 199 g/mol. The summed E-state index contributed by atoms with van der Waals surface area (Å²) in [5.74, 6) is -0.895. The van der Waals surface area contributed by atoms with Crippen molar-refractivity contribution in [2.45, 2.75) is 31.2 Å². The van der Waals surface area contributed by atoms with Crippen molar-refractivity contribution < 1.29 is 19.4 Å².